The second-order valence-electron chi connectivity index (χ2n) is 8.33. The average molecular weight is 497 g/mol. The number of carbonyl (C=O) groups excluding carboxylic acids is 2. The van der Waals surface area contributed by atoms with Gasteiger partial charge in [0.05, 0.1) is 13.1 Å². The molecule has 2 aromatic carbocycles. The minimum absolute atomic E-state index is 0.0759. The number of halogens is 1. The molecule has 2 amide bonds. The molecular weight excluding hydrogens is 464 g/mol. The molecule has 6 nitrogen and oxygen atoms in total. The highest BCUT2D eigenvalue weighted by atomic mass is 35.5. The SMILES string of the molecule is CCOCCCN(CC(=O)N(Cc1ccccc1)Cc1ccc(C)o1)C(=O)C(Cl)c1ccccc1. The van der Waals surface area contributed by atoms with Crippen molar-refractivity contribution in [1.29, 1.82) is 0 Å². The van der Waals surface area contributed by atoms with E-state index in [2.05, 4.69) is 0 Å². The maximum absolute atomic E-state index is 13.5. The number of furan rings is 1. The van der Waals surface area contributed by atoms with Gasteiger partial charge in [-0.2, -0.15) is 0 Å². The van der Waals surface area contributed by atoms with Crippen molar-refractivity contribution in [2.24, 2.45) is 0 Å². The molecule has 0 fully saturated rings. The molecule has 1 aromatic heterocycles. The van der Waals surface area contributed by atoms with Gasteiger partial charge in [0.1, 0.15) is 16.9 Å². The molecule has 0 aliphatic carbocycles. The van der Waals surface area contributed by atoms with Gasteiger partial charge >= 0.3 is 0 Å². The average Bonchev–Trinajstić information content (AvgIpc) is 3.30. The monoisotopic (exact) mass is 496 g/mol. The molecule has 0 spiro atoms. The van der Waals surface area contributed by atoms with Crippen LogP contribution in [0.25, 0.3) is 0 Å². The number of hydrogen-bond donors (Lipinski definition) is 0. The van der Waals surface area contributed by atoms with Gasteiger partial charge in [0.25, 0.3) is 0 Å². The number of benzene rings is 2. The second-order valence-corrected chi connectivity index (χ2v) is 8.77. The molecule has 3 rings (SSSR count). The third kappa shape index (κ3) is 8.26. The maximum atomic E-state index is 13.5. The fourth-order valence-corrected chi connectivity index (χ4v) is 4.03. The molecule has 3 aromatic rings. The summed E-state index contributed by atoms with van der Waals surface area (Å²) >= 11 is 6.55. The van der Waals surface area contributed by atoms with Crippen LogP contribution in [0.1, 0.15) is 41.4 Å². The van der Waals surface area contributed by atoms with Crippen LogP contribution in [0, 0.1) is 6.92 Å². The highest BCUT2D eigenvalue weighted by Gasteiger charge is 2.27. The standard InChI is InChI=1S/C28H33ClN2O4/c1-3-34-18-10-17-30(28(33)27(29)24-13-8-5-9-14-24)21-26(32)31(19-23-11-6-4-7-12-23)20-25-16-15-22(2)35-25/h4-9,11-16,27H,3,10,17-21H2,1-2H3. The quantitative estimate of drug-likeness (QED) is 0.236. The van der Waals surface area contributed by atoms with E-state index in [0.717, 1.165) is 11.3 Å². The smallest absolute Gasteiger partial charge is 0.245 e. The number of nitrogens with zero attached hydrogens (tertiary/aromatic N) is 2. The first-order valence-electron chi connectivity index (χ1n) is 11.9. The molecule has 0 N–H and O–H groups in total. The van der Waals surface area contributed by atoms with Gasteiger partial charge in [0.2, 0.25) is 11.8 Å². The topological polar surface area (TPSA) is 63.0 Å². The summed E-state index contributed by atoms with van der Waals surface area (Å²) in [6.07, 6.45) is 0.612. The Kier molecular flexibility index (Phi) is 10.4. The molecule has 0 saturated heterocycles. The van der Waals surface area contributed by atoms with Gasteiger partial charge < -0.3 is 19.0 Å². The number of hydrogen-bond acceptors (Lipinski definition) is 4. The van der Waals surface area contributed by atoms with Crippen LogP contribution < -0.4 is 0 Å². The molecular formula is C28H33ClN2O4. The predicted molar refractivity (Wildman–Crippen MR) is 137 cm³/mol. The van der Waals surface area contributed by atoms with Crippen LogP contribution in [0.3, 0.4) is 0 Å². The summed E-state index contributed by atoms with van der Waals surface area (Å²) in [5.41, 5.74) is 1.70. The van der Waals surface area contributed by atoms with Crippen LogP contribution in [0.5, 0.6) is 0 Å². The van der Waals surface area contributed by atoms with Crippen molar-refractivity contribution >= 4 is 23.4 Å². The van der Waals surface area contributed by atoms with Crippen molar-refractivity contribution in [2.45, 2.75) is 38.7 Å². The van der Waals surface area contributed by atoms with E-state index >= 15 is 0 Å². The van der Waals surface area contributed by atoms with Crippen LogP contribution in [0.2, 0.25) is 0 Å². The van der Waals surface area contributed by atoms with Crippen LogP contribution in [0.4, 0.5) is 0 Å². The fourth-order valence-electron chi connectivity index (χ4n) is 3.75. The number of alkyl halides is 1. The lowest BCUT2D eigenvalue weighted by Gasteiger charge is -2.29. The van der Waals surface area contributed by atoms with E-state index in [1.165, 1.54) is 4.90 Å². The van der Waals surface area contributed by atoms with Crippen LogP contribution in [-0.2, 0) is 27.4 Å². The lowest BCUT2D eigenvalue weighted by Crippen LogP contribution is -2.44. The van der Waals surface area contributed by atoms with Crippen molar-refractivity contribution in [2.75, 3.05) is 26.3 Å². The summed E-state index contributed by atoms with van der Waals surface area (Å²) in [6, 6.07) is 22.7. The lowest BCUT2D eigenvalue weighted by molar-refractivity contribution is -0.141. The summed E-state index contributed by atoms with van der Waals surface area (Å²) < 4.78 is 11.2. The minimum atomic E-state index is -0.869. The van der Waals surface area contributed by atoms with Gasteiger partial charge in [-0.15, -0.1) is 11.6 Å². The summed E-state index contributed by atoms with van der Waals surface area (Å²) in [7, 11) is 0. The fraction of sp³-hybridized carbons (Fsp3) is 0.357. The van der Waals surface area contributed by atoms with Gasteiger partial charge in [-0.3, -0.25) is 9.59 Å². The summed E-state index contributed by atoms with van der Waals surface area (Å²) in [5, 5.41) is -0.869. The van der Waals surface area contributed by atoms with E-state index in [9.17, 15) is 9.59 Å². The molecule has 1 unspecified atom stereocenters. The zero-order valence-electron chi connectivity index (χ0n) is 20.4. The molecule has 0 aliphatic rings. The summed E-state index contributed by atoms with van der Waals surface area (Å²) in [6.45, 7) is 5.92. The lowest BCUT2D eigenvalue weighted by atomic mass is 10.1. The molecule has 0 aliphatic heterocycles. The molecule has 0 saturated carbocycles. The van der Waals surface area contributed by atoms with E-state index in [0.29, 0.717) is 50.6 Å². The Bertz CT molecular complexity index is 1060. The molecule has 35 heavy (non-hydrogen) atoms. The molecule has 1 atom stereocenters. The first-order chi connectivity index (χ1) is 17.0. The van der Waals surface area contributed by atoms with E-state index in [1.807, 2.05) is 86.6 Å². The van der Waals surface area contributed by atoms with Gasteiger partial charge in [-0.25, -0.2) is 0 Å². The Morgan fingerprint density at radius 3 is 2.26 bits per heavy atom. The minimum Gasteiger partial charge on any atom is -0.464 e. The highest BCUT2D eigenvalue weighted by Crippen LogP contribution is 2.23. The normalized spacial score (nSPS) is 11.7. The van der Waals surface area contributed by atoms with E-state index < -0.39 is 5.38 Å². The van der Waals surface area contributed by atoms with Crippen molar-refractivity contribution in [1.82, 2.24) is 9.80 Å². The Morgan fingerprint density at radius 2 is 1.63 bits per heavy atom. The molecule has 1 heterocycles. The highest BCUT2D eigenvalue weighted by molar-refractivity contribution is 6.30. The van der Waals surface area contributed by atoms with Gasteiger partial charge in [-0.05, 0) is 43.5 Å². The third-order valence-electron chi connectivity index (χ3n) is 5.58. The Balaban J connectivity index is 1.77. The van der Waals surface area contributed by atoms with Crippen molar-refractivity contribution in [3.63, 3.8) is 0 Å². The van der Waals surface area contributed by atoms with Gasteiger partial charge in [-0.1, -0.05) is 60.7 Å². The van der Waals surface area contributed by atoms with E-state index in [-0.39, 0.29) is 18.4 Å². The maximum Gasteiger partial charge on any atom is 0.245 e. The molecule has 0 radical (unpaired) electrons. The Hall–Kier alpha value is -3.09. The van der Waals surface area contributed by atoms with Gasteiger partial charge in [0.15, 0.2) is 0 Å². The third-order valence-corrected chi connectivity index (χ3v) is 6.02. The first kappa shape index (κ1) is 26.5. The van der Waals surface area contributed by atoms with Gasteiger partial charge in [0, 0.05) is 26.3 Å². The largest absolute Gasteiger partial charge is 0.464 e. The van der Waals surface area contributed by atoms with E-state index in [4.69, 9.17) is 20.8 Å². The van der Waals surface area contributed by atoms with Crippen molar-refractivity contribution < 1.29 is 18.7 Å². The summed E-state index contributed by atoms with van der Waals surface area (Å²) in [5.74, 6) is 1.01. The second kappa shape index (κ2) is 13.7. The molecule has 186 valence electrons. The zero-order chi connectivity index (χ0) is 25.0. The number of amides is 2. The van der Waals surface area contributed by atoms with Crippen molar-refractivity contribution in [3.8, 4) is 0 Å². The number of rotatable bonds is 13. The van der Waals surface area contributed by atoms with Crippen LogP contribution in [-0.4, -0.2) is 47.9 Å². The van der Waals surface area contributed by atoms with Crippen LogP contribution >= 0.6 is 11.6 Å². The number of aryl methyl sites for hydroxylation is 1. The Labute approximate surface area is 212 Å². The Morgan fingerprint density at radius 1 is 0.943 bits per heavy atom. The molecule has 0 bridgehead atoms. The first-order valence-corrected chi connectivity index (χ1v) is 12.3. The number of carbonyl (C=O) groups is 2. The predicted octanol–water partition coefficient (Wildman–Crippen LogP) is 5.35. The summed E-state index contributed by atoms with van der Waals surface area (Å²) in [4.78, 5) is 30.1. The number of ether oxygens (including phenoxy) is 1. The van der Waals surface area contributed by atoms with Crippen molar-refractivity contribution in [3.05, 3.63) is 95.4 Å². The van der Waals surface area contributed by atoms with E-state index in [1.54, 1.807) is 4.90 Å². The zero-order valence-corrected chi connectivity index (χ0v) is 21.1. The van der Waals surface area contributed by atoms with Crippen LogP contribution in [0.15, 0.2) is 77.2 Å². The molecule has 7 heteroatoms.